The lowest BCUT2D eigenvalue weighted by Crippen LogP contribution is -2.14. The van der Waals surface area contributed by atoms with Crippen molar-refractivity contribution in [3.8, 4) is 0 Å². The van der Waals surface area contributed by atoms with Gasteiger partial charge in [0.15, 0.2) is 0 Å². The number of nitrogens with two attached hydrogens (primary N) is 1. The van der Waals surface area contributed by atoms with Gasteiger partial charge in [0, 0.05) is 10.7 Å². The van der Waals surface area contributed by atoms with E-state index >= 15 is 0 Å². The second-order valence-corrected chi connectivity index (χ2v) is 4.49. The Bertz CT molecular complexity index is 459. The highest BCUT2D eigenvalue weighted by molar-refractivity contribution is 9.10. The van der Waals surface area contributed by atoms with Gasteiger partial charge in [-0.2, -0.15) is 0 Å². The normalized spacial score (nSPS) is 12.4. The summed E-state index contributed by atoms with van der Waals surface area (Å²) in [7, 11) is 0. The minimum atomic E-state index is -0.0858. The van der Waals surface area contributed by atoms with E-state index in [2.05, 4.69) is 38.0 Å². The molecule has 0 amide bonds. The first-order chi connectivity index (χ1) is 7.75. The summed E-state index contributed by atoms with van der Waals surface area (Å²) in [5.74, 6) is 0. The van der Waals surface area contributed by atoms with Crippen molar-refractivity contribution in [1.82, 2.24) is 9.97 Å². The third-order valence-electron chi connectivity index (χ3n) is 2.33. The maximum atomic E-state index is 6.07. The lowest BCUT2D eigenvalue weighted by atomic mass is 10.0. The molecule has 0 spiro atoms. The average Bonchev–Trinajstić information content (AvgIpc) is 2.30. The number of aromatic nitrogens is 2. The van der Waals surface area contributed by atoms with Crippen LogP contribution in [-0.4, -0.2) is 9.97 Å². The van der Waals surface area contributed by atoms with Crippen molar-refractivity contribution in [2.45, 2.75) is 12.5 Å². The SMILES string of the molecule is NC(Cc1cccc(Br)c1)c1ccncn1. The smallest absolute Gasteiger partial charge is 0.115 e. The van der Waals surface area contributed by atoms with Gasteiger partial charge in [0.2, 0.25) is 0 Å². The maximum absolute atomic E-state index is 6.07. The molecule has 0 aliphatic heterocycles. The lowest BCUT2D eigenvalue weighted by molar-refractivity contribution is 0.692. The predicted octanol–water partition coefficient (Wildman–Crippen LogP) is 2.48. The van der Waals surface area contributed by atoms with Gasteiger partial charge in [-0.1, -0.05) is 28.1 Å². The molecule has 2 N–H and O–H groups in total. The van der Waals surface area contributed by atoms with Gasteiger partial charge < -0.3 is 5.73 Å². The number of halogens is 1. The molecule has 1 heterocycles. The van der Waals surface area contributed by atoms with Crippen LogP contribution in [0.5, 0.6) is 0 Å². The maximum Gasteiger partial charge on any atom is 0.115 e. The van der Waals surface area contributed by atoms with E-state index in [1.165, 1.54) is 11.9 Å². The first kappa shape index (κ1) is 11.2. The summed E-state index contributed by atoms with van der Waals surface area (Å²) in [6, 6.07) is 9.90. The Balaban J connectivity index is 2.11. The van der Waals surface area contributed by atoms with Crippen LogP contribution in [0, 0.1) is 0 Å². The van der Waals surface area contributed by atoms with Gasteiger partial charge in [0.25, 0.3) is 0 Å². The summed E-state index contributed by atoms with van der Waals surface area (Å²) < 4.78 is 1.07. The molecule has 0 fully saturated rings. The largest absolute Gasteiger partial charge is 0.322 e. The molecule has 1 aromatic heterocycles. The second kappa shape index (κ2) is 5.18. The second-order valence-electron chi connectivity index (χ2n) is 3.57. The summed E-state index contributed by atoms with van der Waals surface area (Å²) >= 11 is 3.44. The first-order valence-corrected chi connectivity index (χ1v) is 5.81. The third-order valence-corrected chi connectivity index (χ3v) is 2.82. The van der Waals surface area contributed by atoms with Gasteiger partial charge in [-0.25, -0.2) is 9.97 Å². The number of nitrogens with zero attached hydrogens (tertiary/aromatic N) is 2. The fraction of sp³-hybridized carbons (Fsp3) is 0.167. The minimum Gasteiger partial charge on any atom is -0.322 e. The number of benzene rings is 1. The number of hydrogen-bond donors (Lipinski definition) is 1. The molecule has 82 valence electrons. The highest BCUT2D eigenvalue weighted by Gasteiger charge is 2.08. The van der Waals surface area contributed by atoms with E-state index in [9.17, 15) is 0 Å². The fourth-order valence-corrected chi connectivity index (χ4v) is 1.99. The van der Waals surface area contributed by atoms with E-state index in [0.717, 1.165) is 16.6 Å². The molecule has 0 aliphatic carbocycles. The molecule has 16 heavy (non-hydrogen) atoms. The van der Waals surface area contributed by atoms with Crippen LogP contribution in [0.2, 0.25) is 0 Å². The predicted molar refractivity (Wildman–Crippen MR) is 66.8 cm³/mol. The van der Waals surface area contributed by atoms with E-state index in [4.69, 9.17) is 5.73 Å². The van der Waals surface area contributed by atoms with E-state index in [1.807, 2.05) is 18.2 Å². The van der Waals surface area contributed by atoms with Crippen molar-refractivity contribution in [2.75, 3.05) is 0 Å². The standard InChI is InChI=1S/C12H12BrN3/c13-10-3-1-2-9(6-10)7-11(14)12-4-5-15-8-16-12/h1-6,8,11H,7,14H2. The third kappa shape index (κ3) is 2.87. The van der Waals surface area contributed by atoms with Crippen molar-refractivity contribution in [1.29, 1.82) is 0 Å². The Labute approximate surface area is 103 Å². The molecule has 1 atom stereocenters. The molecule has 0 bridgehead atoms. The van der Waals surface area contributed by atoms with Gasteiger partial charge in [0.1, 0.15) is 6.33 Å². The zero-order valence-electron chi connectivity index (χ0n) is 8.68. The molecule has 3 nitrogen and oxygen atoms in total. The van der Waals surface area contributed by atoms with Crippen LogP contribution in [-0.2, 0) is 6.42 Å². The molecular weight excluding hydrogens is 266 g/mol. The molecule has 2 aromatic rings. The molecule has 1 unspecified atom stereocenters. The minimum absolute atomic E-state index is 0.0858. The Kier molecular flexibility index (Phi) is 3.64. The highest BCUT2D eigenvalue weighted by atomic mass is 79.9. The summed E-state index contributed by atoms with van der Waals surface area (Å²) in [5.41, 5.74) is 8.14. The molecule has 0 saturated carbocycles. The van der Waals surface area contributed by atoms with E-state index in [0.29, 0.717) is 0 Å². The van der Waals surface area contributed by atoms with Crippen LogP contribution in [0.4, 0.5) is 0 Å². The van der Waals surface area contributed by atoms with Gasteiger partial charge >= 0.3 is 0 Å². The average molecular weight is 278 g/mol. The van der Waals surface area contributed by atoms with Crippen LogP contribution >= 0.6 is 15.9 Å². The molecule has 0 saturated heterocycles. The molecule has 0 radical (unpaired) electrons. The highest BCUT2D eigenvalue weighted by Crippen LogP contribution is 2.17. The molecule has 4 heteroatoms. The number of rotatable bonds is 3. The van der Waals surface area contributed by atoms with Gasteiger partial charge in [0.05, 0.1) is 11.7 Å². The van der Waals surface area contributed by atoms with Crippen LogP contribution in [0.1, 0.15) is 17.3 Å². The van der Waals surface area contributed by atoms with Crippen LogP contribution in [0.25, 0.3) is 0 Å². The van der Waals surface area contributed by atoms with Crippen LogP contribution in [0.15, 0.2) is 47.3 Å². The van der Waals surface area contributed by atoms with Crippen LogP contribution in [0.3, 0.4) is 0 Å². The molecule has 0 aliphatic rings. The van der Waals surface area contributed by atoms with Crippen molar-refractivity contribution in [3.05, 3.63) is 58.6 Å². The Morgan fingerprint density at radius 3 is 2.88 bits per heavy atom. The van der Waals surface area contributed by atoms with Crippen molar-refractivity contribution < 1.29 is 0 Å². The molecular formula is C12H12BrN3. The van der Waals surface area contributed by atoms with E-state index in [1.54, 1.807) is 6.20 Å². The zero-order chi connectivity index (χ0) is 11.4. The number of hydrogen-bond acceptors (Lipinski definition) is 3. The van der Waals surface area contributed by atoms with Crippen molar-refractivity contribution in [3.63, 3.8) is 0 Å². The topological polar surface area (TPSA) is 51.8 Å². The van der Waals surface area contributed by atoms with E-state index < -0.39 is 0 Å². The van der Waals surface area contributed by atoms with Gasteiger partial charge in [-0.05, 0) is 30.2 Å². The Morgan fingerprint density at radius 2 is 2.19 bits per heavy atom. The quantitative estimate of drug-likeness (QED) is 0.938. The zero-order valence-corrected chi connectivity index (χ0v) is 10.3. The fourth-order valence-electron chi connectivity index (χ4n) is 1.54. The first-order valence-electron chi connectivity index (χ1n) is 5.01. The van der Waals surface area contributed by atoms with Gasteiger partial charge in [-0.15, -0.1) is 0 Å². The lowest BCUT2D eigenvalue weighted by Gasteiger charge is -2.10. The molecule has 2 rings (SSSR count). The monoisotopic (exact) mass is 277 g/mol. The van der Waals surface area contributed by atoms with Crippen molar-refractivity contribution in [2.24, 2.45) is 5.73 Å². The van der Waals surface area contributed by atoms with Crippen LogP contribution < -0.4 is 5.73 Å². The Morgan fingerprint density at radius 1 is 1.31 bits per heavy atom. The van der Waals surface area contributed by atoms with Crippen molar-refractivity contribution >= 4 is 15.9 Å². The summed E-state index contributed by atoms with van der Waals surface area (Å²) in [5, 5.41) is 0. The molecule has 1 aromatic carbocycles. The summed E-state index contributed by atoms with van der Waals surface area (Å²) in [4.78, 5) is 8.02. The Hall–Kier alpha value is -1.26. The summed E-state index contributed by atoms with van der Waals surface area (Å²) in [6.45, 7) is 0. The van der Waals surface area contributed by atoms with Gasteiger partial charge in [-0.3, -0.25) is 0 Å². The summed E-state index contributed by atoms with van der Waals surface area (Å²) in [6.07, 6.45) is 4.01. The van der Waals surface area contributed by atoms with E-state index in [-0.39, 0.29) is 6.04 Å².